The average molecular weight is 429 g/mol. The zero-order chi connectivity index (χ0) is 22.2. The molecule has 34 heavy (non-hydrogen) atoms. The van der Waals surface area contributed by atoms with Crippen LogP contribution in [-0.4, -0.2) is 0 Å². The molecule has 0 atom stereocenters. The maximum absolute atomic E-state index is 2.43. The fraction of sp³-hybridized carbons (Fsp3) is 0. The Kier molecular flexibility index (Phi) is 3.48. The van der Waals surface area contributed by atoms with Crippen LogP contribution < -0.4 is 0 Å². The Morgan fingerprint density at radius 3 is 2.00 bits per heavy atom. The standard InChI is InChI=1S/C34H20/c1-2-7-21(8-3-1)23-13-14-24-18-31-30(19-25(24)17-23)29-12-6-11-28-27-16-15-22-9-4-5-10-26(22)32(27)20-33(31)34(28)29/h1-20H. The number of hydrogen-bond donors (Lipinski definition) is 0. The normalized spacial score (nSPS) is 12.1. The molecule has 0 nitrogen and oxygen atoms in total. The van der Waals surface area contributed by atoms with Gasteiger partial charge in [0.2, 0.25) is 0 Å². The van der Waals surface area contributed by atoms with E-state index in [-0.39, 0.29) is 0 Å². The van der Waals surface area contributed by atoms with Gasteiger partial charge in [0.15, 0.2) is 0 Å². The van der Waals surface area contributed by atoms with Gasteiger partial charge in [-0.15, -0.1) is 0 Å². The predicted octanol–water partition coefficient (Wildman–Crippen LogP) is 9.61. The molecule has 0 N–H and O–H groups in total. The average Bonchev–Trinajstić information content (AvgIpc) is 3.21. The summed E-state index contributed by atoms with van der Waals surface area (Å²) >= 11 is 0. The summed E-state index contributed by atoms with van der Waals surface area (Å²) in [4.78, 5) is 0. The van der Waals surface area contributed by atoms with Crippen LogP contribution in [0.2, 0.25) is 0 Å². The van der Waals surface area contributed by atoms with Crippen LogP contribution in [-0.2, 0) is 0 Å². The molecule has 0 heteroatoms. The molecule has 0 bridgehead atoms. The van der Waals surface area contributed by atoms with Crippen molar-refractivity contribution in [2.24, 2.45) is 0 Å². The zero-order valence-corrected chi connectivity index (χ0v) is 18.5. The van der Waals surface area contributed by atoms with Crippen molar-refractivity contribution in [3.8, 4) is 33.4 Å². The van der Waals surface area contributed by atoms with E-state index in [1.807, 2.05) is 0 Å². The second-order valence-electron chi connectivity index (χ2n) is 9.36. The van der Waals surface area contributed by atoms with E-state index in [4.69, 9.17) is 0 Å². The lowest BCUT2D eigenvalue weighted by molar-refractivity contribution is 1.64. The Labute approximate surface area is 197 Å². The lowest BCUT2D eigenvalue weighted by atomic mass is 9.93. The van der Waals surface area contributed by atoms with Crippen molar-refractivity contribution < 1.29 is 0 Å². The number of benzene rings is 7. The van der Waals surface area contributed by atoms with E-state index >= 15 is 0 Å². The molecular formula is C34H20. The second-order valence-corrected chi connectivity index (χ2v) is 9.36. The molecule has 0 saturated carbocycles. The van der Waals surface area contributed by atoms with Crippen LogP contribution in [0.3, 0.4) is 0 Å². The van der Waals surface area contributed by atoms with Crippen LogP contribution in [0, 0.1) is 0 Å². The summed E-state index contributed by atoms with van der Waals surface area (Å²) in [5.74, 6) is 0. The summed E-state index contributed by atoms with van der Waals surface area (Å²) in [6.45, 7) is 0. The number of rotatable bonds is 1. The molecule has 0 radical (unpaired) electrons. The van der Waals surface area contributed by atoms with E-state index in [2.05, 4.69) is 121 Å². The molecule has 0 aliphatic heterocycles. The van der Waals surface area contributed by atoms with E-state index < -0.39 is 0 Å². The summed E-state index contributed by atoms with van der Waals surface area (Å²) in [5, 5.41) is 10.6. The first kappa shape index (κ1) is 18.1. The molecule has 0 saturated heterocycles. The Morgan fingerprint density at radius 1 is 0.294 bits per heavy atom. The van der Waals surface area contributed by atoms with E-state index in [0.29, 0.717) is 0 Å². The molecule has 0 spiro atoms. The van der Waals surface area contributed by atoms with Crippen molar-refractivity contribution >= 4 is 43.1 Å². The fourth-order valence-electron chi connectivity index (χ4n) is 5.96. The van der Waals surface area contributed by atoms with Crippen LogP contribution in [0.25, 0.3) is 76.5 Å². The highest BCUT2D eigenvalue weighted by Crippen LogP contribution is 2.51. The van der Waals surface area contributed by atoms with Gasteiger partial charge in [0.05, 0.1) is 0 Å². The van der Waals surface area contributed by atoms with Gasteiger partial charge in [-0.25, -0.2) is 0 Å². The topological polar surface area (TPSA) is 0 Å². The molecule has 0 aromatic heterocycles. The third-order valence-electron chi connectivity index (χ3n) is 7.55. The van der Waals surface area contributed by atoms with Crippen LogP contribution in [0.4, 0.5) is 0 Å². The molecule has 8 rings (SSSR count). The molecule has 0 heterocycles. The first-order valence-corrected chi connectivity index (χ1v) is 11.9. The van der Waals surface area contributed by atoms with Gasteiger partial charge in [0, 0.05) is 0 Å². The first-order chi connectivity index (χ1) is 16.8. The summed E-state index contributed by atoms with van der Waals surface area (Å²) in [5.41, 5.74) is 7.93. The van der Waals surface area contributed by atoms with Crippen LogP contribution in [0.1, 0.15) is 0 Å². The summed E-state index contributed by atoms with van der Waals surface area (Å²) in [6.07, 6.45) is 0. The van der Waals surface area contributed by atoms with Crippen molar-refractivity contribution in [2.75, 3.05) is 0 Å². The van der Waals surface area contributed by atoms with E-state index in [9.17, 15) is 0 Å². The molecular weight excluding hydrogens is 408 g/mol. The van der Waals surface area contributed by atoms with Gasteiger partial charge in [-0.05, 0) is 101 Å². The molecule has 7 aromatic carbocycles. The third-order valence-corrected chi connectivity index (χ3v) is 7.55. The number of hydrogen-bond acceptors (Lipinski definition) is 0. The maximum Gasteiger partial charge on any atom is -0.00199 e. The van der Waals surface area contributed by atoms with Crippen molar-refractivity contribution in [3.63, 3.8) is 0 Å². The van der Waals surface area contributed by atoms with Crippen molar-refractivity contribution in [3.05, 3.63) is 121 Å². The van der Waals surface area contributed by atoms with Crippen molar-refractivity contribution in [2.45, 2.75) is 0 Å². The van der Waals surface area contributed by atoms with Crippen molar-refractivity contribution in [1.29, 1.82) is 0 Å². The summed E-state index contributed by atoms with van der Waals surface area (Å²) in [7, 11) is 0. The molecule has 0 fully saturated rings. The lowest BCUT2D eigenvalue weighted by Gasteiger charge is -2.10. The van der Waals surface area contributed by atoms with Crippen LogP contribution in [0.5, 0.6) is 0 Å². The van der Waals surface area contributed by atoms with Gasteiger partial charge < -0.3 is 0 Å². The summed E-state index contributed by atoms with van der Waals surface area (Å²) in [6, 6.07) is 44.8. The largest absolute Gasteiger partial charge is 0.0622 e. The minimum Gasteiger partial charge on any atom is -0.0622 e. The molecule has 1 aliphatic rings. The minimum atomic E-state index is 1.26. The van der Waals surface area contributed by atoms with E-state index in [1.54, 1.807) is 0 Å². The SMILES string of the molecule is c1ccc(-c2ccc3cc4c(cc3c2)-c2cccc3c2c-4cc2c4ccccc4ccc32)cc1. The molecule has 0 unspecified atom stereocenters. The highest BCUT2D eigenvalue weighted by Gasteiger charge is 2.23. The predicted molar refractivity (Wildman–Crippen MR) is 146 cm³/mol. The fourth-order valence-corrected chi connectivity index (χ4v) is 5.96. The Bertz CT molecular complexity index is 1940. The monoisotopic (exact) mass is 428 g/mol. The zero-order valence-electron chi connectivity index (χ0n) is 18.5. The first-order valence-electron chi connectivity index (χ1n) is 11.9. The van der Waals surface area contributed by atoms with Gasteiger partial charge >= 0.3 is 0 Å². The molecule has 7 aromatic rings. The van der Waals surface area contributed by atoms with Crippen LogP contribution >= 0.6 is 0 Å². The van der Waals surface area contributed by atoms with Gasteiger partial charge in [-0.2, -0.15) is 0 Å². The van der Waals surface area contributed by atoms with E-state index in [1.165, 1.54) is 76.5 Å². The van der Waals surface area contributed by atoms with Crippen molar-refractivity contribution in [1.82, 2.24) is 0 Å². The van der Waals surface area contributed by atoms with E-state index in [0.717, 1.165) is 0 Å². The second kappa shape index (κ2) is 6.56. The smallest absolute Gasteiger partial charge is 0.00199 e. The lowest BCUT2D eigenvalue weighted by Crippen LogP contribution is -1.83. The minimum absolute atomic E-state index is 1.26. The van der Waals surface area contributed by atoms with Gasteiger partial charge in [0.1, 0.15) is 0 Å². The van der Waals surface area contributed by atoms with Gasteiger partial charge in [-0.3, -0.25) is 0 Å². The molecule has 156 valence electrons. The van der Waals surface area contributed by atoms with Gasteiger partial charge in [0.25, 0.3) is 0 Å². The Morgan fingerprint density at radius 2 is 1.06 bits per heavy atom. The Balaban J connectivity index is 1.45. The highest BCUT2D eigenvalue weighted by molar-refractivity contribution is 6.27. The van der Waals surface area contributed by atoms with Gasteiger partial charge in [-0.1, -0.05) is 97.1 Å². The quantitative estimate of drug-likeness (QED) is 0.228. The Hall–Kier alpha value is -4.42. The molecule has 1 aliphatic carbocycles. The molecule has 0 amide bonds. The summed E-state index contributed by atoms with van der Waals surface area (Å²) < 4.78 is 0. The third kappa shape index (κ3) is 2.37. The van der Waals surface area contributed by atoms with Crippen LogP contribution in [0.15, 0.2) is 121 Å². The number of fused-ring (bicyclic) bond motifs is 8. The highest BCUT2D eigenvalue weighted by atomic mass is 14.3. The maximum atomic E-state index is 2.43.